The van der Waals surface area contributed by atoms with Gasteiger partial charge in [-0.2, -0.15) is 0 Å². The van der Waals surface area contributed by atoms with Crippen LogP contribution in [0.4, 0.5) is 5.13 Å². The maximum atomic E-state index is 5.33. The first-order valence-electron chi connectivity index (χ1n) is 4.34. The molecule has 70 valence electrons. The van der Waals surface area contributed by atoms with Gasteiger partial charge < -0.3 is 10.1 Å². The summed E-state index contributed by atoms with van der Waals surface area (Å²) in [5.74, 6) is 0. The number of ether oxygens (including phenoxy) is 1. The first-order valence-corrected chi connectivity index (χ1v) is 5.22. The van der Waals surface area contributed by atoms with Crippen molar-refractivity contribution in [2.45, 2.75) is 6.42 Å². The molecule has 0 radical (unpaired) electrons. The maximum Gasteiger partial charge on any atom is 0.182 e. The van der Waals surface area contributed by atoms with Crippen LogP contribution in [0.15, 0.2) is 23.2 Å². The van der Waals surface area contributed by atoms with E-state index in [0.29, 0.717) is 0 Å². The van der Waals surface area contributed by atoms with Crippen LogP contribution >= 0.6 is 11.3 Å². The largest absolute Gasteiger partial charge is 0.377 e. The molecular formula is C9H12N2OS. The average molecular weight is 196 g/mol. The topological polar surface area (TPSA) is 34.2 Å². The Kier molecular flexibility index (Phi) is 2.94. The van der Waals surface area contributed by atoms with E-state index < -0.39 is 0 Å². The Morgan fingerprint density at radius 1 is 1.62 bits per heavy atom. The van der Waals surface area contributed by atoms with Crippen molar-refractivity contribution >= 4 is 16.5 Å². The van der Waals surface area contributed by atoms with Crippen molar-refractivity contribution in [2.75, 3.05) is 25.1 Å². The molecule has 1 aliphatic rings. The van der Waals surface area contributed by atoms with Gasteiger partial charge in [0.15, 0.2) is 5.13 Å². The van der Waals surface area contributed by atoms with E-state index in [0.717, 1.165) is 31.3 Å². The molecule has 0 saturated carbocycles. The molecule has 1 aliphatic heterocycles. The van der Waals surface area contributed by atoms with E-state index in [1.807, 2.05) is 5.38 Å². The zero-order valence-electron chi connectivity index (χ0n) is 7.32. The molecule has 2 rings (SSSR count). The summed E-state index contributed by atoms with van der Waals surface area (Å²) in [6.07, 6.45) is 5.08. The zero-order chi connectivity index (χ0) is 8.93. The summed E-state index contributed by atoms with van der Waals surface area (Å²) in [5.41, 5.74) is 1.32. The van der Waals surface area contributed by atoms with Gasteiger partial charge in [-0.05, 0) is 12.0 Å². The van der Waals surface area contributed by atoms with Gasteiger partial charge in [-0.3, -0.25) is 0 Å². The van der Waals surface area contributed by atoms with Crippen molar-refractivity contribution in [3.05, 3.63) is 23.2 Å². The molecule has 1 N–H and O–H groups in total. The summed E-state index contributed by atoms with van der Waals surface area (Å²) < 4.78 is 5.33. The Labute approximate surface area is 81.4 Å². The van der Waals surface area contributed by atoms with E-state index in [1.54, 1.807) is 17.5 Å². The predicted molar refractivity (Wildman–Crippen MR) is 54.1 cm³/mol. The maximum absolute atomic E-state index is 5.33. The third-order valence-electron chi connectivity index (χ3n) is 1.88. The summed E-state index contributed by atoms with van der Waals surface area (Å²) in [6, 6.07) is 0. The van der Waals surface area contributed by atoms with Gasteiger partial charge in [-0.1, -0.05) is 6.08 Å². The monoisotopic (exact) mass is 196 g/mol. The highest BCUT2D eigenvalue weighted by Crippen LogP contribution is 2.12. The first-order chi connectivity index (χ1) is 6.45. The minimum Gasteiger partial charge on any atom is -0.377 e. The van der Waals surface area contributed by atoms with Crippen LogP contribution < -0.4 is 5.32 Å². The molecule has 0 fully saturated rings. The summed E-state index contributed by atoms with van der Waals surface area (Å²) in [4.78, 5) is 4.14. The van der Waals surface area contributed by atoms with Crippen molar-refractivity contribution < 1.29 is 4.74 Å². The van der Waals surface area contributed by atoms with Gasteiger partial charge in [0.25, 0.3) is 0 Å². The predicted octanol–water partition coefficient (Wildman–Crippen LogP) is 1.90. The highest BCUT2D eigenvalue weighted by Gasteiger charge is 2.03. The van der Waals surface area contributed by atoms with Gasteiger partial charge in [-0.25, -0.2) is 4.98 Å². The number of anilines is 1. The molecular weight excluding hydrogens is 184 g/mol. The molecule has 0 bridgehead atoms. The van der Waals surface area contributed by atoms with Crippen LogP contribution in [0.3, 0.4) is 0 Å². The normalized spacial score (nSPS) is 16.8. The van der Waals surface area contributed by atoms with E-state index in [2.05, 4.69) is 16.4 Å². The molecule has 0 saturated heterocycles. The molecule has 1 aromatic rings. The lowest BCUT2D eigenvalue weighted by molar-refractivity contribution is 0.150. The molecule has 0 aromatic carbocycles. The minimum atomic E-state index is 0.762. The molecule has 3 nitrogen and oxygen atoms in total. The quantitative estimate of drug-likeness (QED) is 0.750. The van der Waals surface area contributed by atoms with Gasteiger partial charge in [0.2, 0.25) is 0 Å². The van der Waals surface area contributed by atoms with Gasteiger partial charge in [0.1, 0.15) is 0 Å². The Bertz CT molecular complexity index is 282. The van der Waals surface area contributed by atoms with Crippen molar-refractivity contribution in [1.29, 1.82) is 0 Å². The smallest absolute Gasteiger partial charge is 0.182 e. The first kappa shape index (κ1) is 8.72. The minimum absolute atomic E-state index is 0.762. The molecule has 1 aromatic heterocycles. The van der Waals surface area contributed by atoms with Crippen LogP contribution in [-0.4, -0.2) is 24.7 Å². The number of aromatic nitrogens is 1. The van der Waals surface area contributed by atoms with Gasteiger partial charge in [0.05, 0.1) is 13.2 Å². The fraction of sp³-hybridized carbons (Fsp3) is 0.444. The lowest BCUT2D eigenvalue weighted by atomic mass is 10.2. The summed E-state index contributed by atoms with van der Waals surface area (Å²) in [6.45, 7) is 2.48. The van der Waals surface area contributed by atoms with E-state index in [-0.39, 0.29) is 0 Å². The second-order valence-corrected chi connectivity index (χ2v) is 3.79. The number of hydrogen-bond donors (Lipinski definition) is 1. The summed E-state index contributed by atoms with van der Waals surface area (Å²) in [7, 11) is 0. The van der Waals surface area contributed by atoms with E-state index in [1.165, 1.54) is 5.57 Å². The molecule has 0 amide bonds. The van der Waals surface area contributed by atoms with E-state index >= 15 is 0 Å². The summed E-state index contributed by atoms with van der Waals surface area (Å²) >= 11 is 1.62. The van der Waals surface area contributed by atoms with Crippen LogP contribution in [0.1, 0.15) is 6.42 Å². The number of nitrogens with one attached hydrogen (secondary N) is 1. The van der Waals surface area contributed by atoms with Crippen LogP contribution in [0.2, 0.25) is 0 Å². The molecule has 0 unspecified atom stereocenters. The van der Waals surface area contributed by atoms with Gasteiger partial charge >= 0.3 is 0 Å². The van der Waals surface area contributed by atoms with Crippen LogP contribution in [0.5, 0.6) is 0 Å². The number of hydrogen-bond acceptors (Lipinski definition) is 4. The fourth-order valence-corrected chi connectivity index (χ4v) is 1.76. The van der Waals surface area contributed by atoms with Crippen molar-refractivity contribution in [3.8, 4) is 0 Å². The molecule has 4 heteroatoms. The van der Waals surface area contributed by atoms with Crippen LogP contribution in [-0.2, 0) is 4.74 Å². The zero-order valence-corrected chi connectivity index (χ0v) is 8.14. The molecule has 13 heavy (non-hydrogen) atoms. The second kappa shape index (κ2) is 4.39. The highest BCUT2D eigenvalue weighted by atomic mass is 32.1. The average Bonchev–Trinajstić information content (AvgIpc) is 2.69. The van der Waals surface area contributed by atoms with E-state index in [4.69, 9.17) is 4.74 Å². The Morgan fingerprint density at radius 2 is 2.62 bits per heavy atom. The third-order valence-corrected chi connectivity index (χ3v) is 2.61. The van der Waals surface area contributed by atoms with Gasteiger partial charge in [-0.15, -0.1) is 11.3 Å². The lowest BCUT2D eigenvalue weighted by Crippen LogP contribution is -2.13. The van der Waals surface area contributed by atoms with Crippen LogP contribution in [0, 0.1) is 0 Å². The Morgan fingerprint density at radius 3 is 3.31 bits per heavy atom. The SMILES string of the molecule is C1=C(CNc2nccs2)COCC1. The Balaban J connectivity index is 1.82. The standard InChI is InChI=1S/C9H12N2OS/c1-2-8(7-12-4-1)6-11-9-10-3-5-13-9/h2-3,5H,1,4,6-7H2,(H,10,11). The molecule has 2 heterocycles. The van der Waals surface area contributed by atoms with Crippen molar-refractivity contribution in [2.24, 2.45) is 0 Å². The van der Waals surface area contributed by atoms with Crippen molar-refractivity contribution in [3.63, 3.8) is 0 Å². The number of rotatable bonds is 3. The molecule has 0 spiro atoms. The fourth-order valence-electron chi connectivity index (χ4n) is 1.23. The second-order valence-electron chi connectivity index (χ2n) is 2.89. The van der Waals surface area contributed by atoms with Crippen molar-refractivity contribution in [1.82, 2.24) is 4.98 Å². The summed E-state index contributed by atoms with van der Waals surface area (Å²) in [5, 5.41) is 6.20. The molecule has 0 atom stereocenters. The Hall–Kier alpha value is -0.870. The third kappa shape index (κ3) is 2.54. The lowest BCUT2D eigenvalue weighted by Gasteiger charge is -2.13. The highest BCUT2D eigenvalue weighted by molar-refractivity contribution is 7.13. The van der Waals surface area contributed by atoms with Gasteiger partial charge in [0, 0.05) is 18.1 Å². The van der Waals surface area contributed by atoms with E-state index in [9.17, 15) is 0 Å². The van der Waals surface area contributed by atoms with Crippen LogP contribution in [0.25, 0.3) is 0 Å². The molecule has 0 aliphatic carbocycles. The number of thiazole rings is 1. The number of nitrogens with zero attached hydrogens (tertiary/aromatic N) is 1.